The Hall–Kier alpha value is -2.86. The highest BCUT2D eigenvalue weighted by atomic mass is 16.8. The van der Waals surface area contributed by atoms with Crippen LogP contribution < -0.4 is 11.0 Å². The molecule has 1 heterocycles. The lowest BCUT2D eigenvalue weighted by Crippen LogP contribution is -2.15. The van der Waals surface area contributed by atoms with Crippen LogP contribution >= 0.6 is 0 Å². The number of rotatable bonds is 4. The zero-order chi connectivity index (χ0) is 14.7. The van der Waals surface area contributed by atoms with Crippen molar-refractivity contribution in [3.63, 3.8) is 0 Å². The lowest BCUT2D eigenvalue weighted by atomic mass is 9.97. The van der Waals surface area contributed by atoms with Gasteiger partial charge in [0.25, 0.3) is 5.69 Å². The van der Waals surface area contributed by atoms with Crippen LogP contribution in [-0.4, -0.2) is 17.5 Å². The molecule has 0 saturated heterocycles. The van der Waals surface area contributed by atoms with E-state index in [9.17, 15) is 14.9 Å². The number of benzene rings is 1. The number of ether oxygens (including phenoxy) is 1. The number of nitro groups is 1. The summed E-state index contributed by atoms with van der Waals surface area (Å²) in [5.41, 5.74) is 4.99. The van der Waals surface area contributed by atoms with Crippen LogP contribution in [0.25, 0.3) is 0 Å². The summed E-state index contributed by atoms with van der Waals surface area (Å²) in [6.07, 6.45) is 0. The first kappa shape index (κ1) is 13.6. The summed E-state index contributed by atoms with van der Waals surface area (Å²) in [4.78, 5) is 26.7. The summed E-state index contributed by atoms with van der Waals surface area (Å²) < 4.78 is 4.80. The molecule has 0 spiro atoms. The number of nitrogens with one attached hydrogen (secondary N) is 2. The SMILES string of the molecule is CCOC(=O)C(C#N)c1ccc([N+](=O)[O-])c2c1NON2. The van der Waals surface area contributed by atoms with Crippen LogP contribution in [0.1, 0.15) is 18.4 Å². The Morgan fingerprint density at radius 2 is 2.25 bits per heavy atom. The van der Waals surface area contributed by atoms with Crippen LogP contribution in [0.2, 0.25) is 0 Å². The number of carbonyl (C=O) groups is 1. The Bertz CT molecular complexity index is 610. The quantitative estimate of drug-likeness (QED) is 0.481. The molecule has 0 radical (unpaired) electrons. The van der Waals surface area contributed by atoms with Gasteiger partial charge in [0.1, 0.15) is 5.69 Å². The number of esters is 1. The van der Waals surface area contributed by atoms with E-state index in [2.05, 4.69) is 11.0 Å². The molecular formula is C11H10N4O5. The van der Waals surface area contributed by atoms with E-state index in [1.165, 1.54) is 12.1 Å². The lowest BCUT2D eigenvalue weighted by molar-refractivity contribution is -0.384. The Balaban J connectivity index is 2.48. The number of nitrogens with zero attached hydrogens (tertiary/aromatic N) is 2. The van der Waals surface area contributed by atoms with E-state index in [4.69, 9.17) is 14.9 Å². The van der Waals surface area contributed by atoms with Crippen molar-refractivity contribution in [3.05, 3.63) is 27.8 Å². The van der Waals surface area contributed by atoms with E-state index in [1.54, 1.807) is 6.92 Å². The van der Waals surface area contributed by atoms with Crippen LogP contribution in [0.3, 0.4) is 0 Å². The monoisotopic (exact) mass is 278 g/mol. The molecule has 9 heteroatoms. The summed E-state index contributed by atoms with van der Waals surface area (Å²) in [6, 6.07) is 4.33. The summed E-state index contributed by atoms with van der Waals surface area (Å²) >= 11 is 0. The highest BCUT2D eigenvalue weighted by Crippen LogP contribution is 2.41. The molecule has 0 amide bonds. The molecule has 0 bridgehead atoms. The summed E-state index contributed by atoms with van der Waals surface area (Å²) in [5.74, 6) is -1.92. The molecule has 0 saturated carbocycles. The van der Waals surface area contributed by atoms with Crippen LogP contribution in [0.15, 0.2) is 12.1 Å². The second-order valence-electron chi connectivity index (χ2n) is 3.80. The lowest BCUT2D eigenvalue weighted by Gasteiger charge is -2.11. The van der Waals surface area contributed by atoms with Gasteiger partial charge in [-0.15, -0.1) is 0 Å². The van der Waals surface area contributed by atoms with Gasteiger partial charge in [0.15, 0.2) is 11.6 Å². The molecule has 20 heavy (non-hydrogen) atoms. The molecule has 2 rings (SSSR count). The van der Waals surface area contributed by atoms with Gasteiger partial charge in [-0.2, -0.15) is 10.2 Å². The standard InChI is InChI=1S/C11H10N4O5/c1-2-19-11(16)7(5-12)6-3-4-8(15(17)18)10-9(6)13-20-14-10/h3-4,7,13-14H,2H2,1H3. The largest absolute Gasteiger partial charge is 0.465 e. The molecule has 2 N–H and O–H groups in total. The molecule has 0 aromatic heterocycles. The third-order valence-electron chi connectivity index (χ3n) is 2.68. The number of nitro benzene ring substituents is 1. The maximum absolute atomic E-state index is 11.7. The molecule has 1 unspecified atom stereocenters. The van der Waals surface area contributed by atoms with Crippen molar-refractivity contribution >= 4 is 23.0 Å². The highest BCUT2D eigenvalue weighted by molar-refractivity contribution is 5.89. The smallest absolute Gasteiger partial charge is 0.327 e. The Labute approximate surface area is 113 Å². The molecule has 1 aliphatic heterocycles. The molecule has 9 nitrogen and oxygen atoms in total. The molecule has 1 aromatic carbocycles. The third kappa shape index (κ3) is 2.19. The average molecular weight is 278 g/mol. The molecule has 0 aliphatic carbocycles. The number of nitriles is 1. The Kier molecular flexibility index (Phi) is 3.67. The molecule has 104 valence electrons. The second-order valence-corrected chi connectivity index (χ2v) is 3.80. The van der Waals surface area contributed by atoms with Gasteiger partial charge in [-0.3, -0.25) is 14.9 Å². The summed E-state index contributed by atoms with van der Waals surface area (Å²) in [7, 11) is 0. The van der Waals surface area contributed by atoms with E-state index >= 15 is 0 Å². The zero-order valence-electron chi connectivity index (χ0n) is 10.4. The Morgan fingerprint density at radius 3 is 2.85 bits per heavy atom. The molecule has 0 fully saturated rings. The Morgan fingerprint density at radius 1 is 1.55 bits per heavy atom. The van der Waals surface area contributed by atoms with Gasteiger partial charge in [-0.1, -0.05) is 0 Å². The van der Waals surface area contributed by atoms with E-state index in [1.807, 2.05) is 6.07 Å². The number of hydrogen-bond acceptors (Lipinski definition) is 8. The zero-order valence-corrected chi connectivity index (χ0v) is 10.4. The fourth-order valence-corrected chi connectivity index (χ4v) is 1.82. The number of fused-ring (bicyclic) bond motifs is 1. The first-order chi connectivity index (χ1) is 9.60. The van der Waals surface area contributed by atoms with Gasteiger partial charge in [-0.25, -0.2) is 11.0 Å². The fourth-order valence-electron chi connectivity index (χ4n) is 1.82. The first-order valence-corrected chi connectivity index (χ1v) is 5.65. The van der Waals surface area contributed by atoms with Crippen molar-refractivity contribution in [2.45, 2.75) is 12.8 Å². The topological polar surface area (TPSA) is 127 Å². The number of hydrogen-bond donors (Lipinski definition) is 2. The summed E-state index contributed by atoms with van der Waals surface area (Å²) in [6.45, 7) is 1.75. The highest BCUT2D eigenvalue weighted by Gasteiger charge is 2.32. The van der Waals surface area contributed by atoms with Crippen molar-refractivity contribution in [3.8, 4) is 6.07 Å². The molecule has 1 atom stereocenters. The second kappa shape index (κ2) is 5.41. The fraction of sp³-hybridized carbons (Fsp3) is 0.273. The van der Waals surface area contributed by atoms with Crippen LogP contribution in [-0.2, 0) is 14.5 Å². The van der Waals surface area contributed by atoms with Crippen molar-refractivity contribution in [2.24, 2.45) is 0 Å². The maximum atomic E-state index is 11.7. The number of anilines is 2. The van der Waals surface area contributed by atoms with Crippen molar-refractivity contribution in [2.75, 3.05) is 17.6 Å². The third-order valence-corrected chi connectivity index (χ3v) is 2.68. The van der Waals surface area contributed by atoms with Crippen molar-refractivity contribution < 1.29 is 19.4 Å². The summed E-state index contributed by atoms with van der Waals surface area (Å²) in [5, 5.41) is 20.0. The maximum Gasteiger partial charge on any atom is 0.327 e. The minimum Gasteiger partial charge on any atom is -0.465 e. The minimum absolute atomic E-state index is 0.0667. The van der Waals surface area contributed by atoms with Gasteiger partial charge in [0, 0.05) is 11.6 Å². The number of carbonyl (C=O) groups excluding carboxylic acids is 1. The van der Waals surface area contributed by atoms with E-state index in [0.29, 0.717) is 0 Å². The minimum atomic E-state index is -1.19. The molecule has 1 aliphatic rings. The van der Waals surface area contributed by atoms with Gasteiger partial charge in [0.2, 0.25) is 0 Å². The molecule has 1 aromatic rings. The van der Waals surface area contributed by atoms with Crippen LogP contribution in [0.4, 0.5) is 17.1 Å². The molecular weight excluding hydrogens is 268 g/mol. The van der Waals surface area contributed by atoms with Gasteiger partial charge >= 0.3 is 5.97 Å². The van der Waals surface area contributed by atoms with E-state index in [-0.39, 0.29) is 29.2 Å². The van der Waals surface area contributed by atoms with E-state index in [0.717, 1.165) is 0 Å². The average Bonchev–Trinajstić information content (AvgIpc) is 2.88. The van der Waals surface area contributed by atoms with Crippen LogP contribution in [0.5, 0.6) is 0 Å². The van der Waals surface area contributed by atoms with Crippen molar-refractivity contribution in [1.29, 1.82) is 5.26 Å². The normalized spacial score (nSPS) is 13.4. The van der Waals surface area contributed by atoms with Gasteiger partial charge in [0.05, 0.1) is 17.6 Å². The van der Waals surface area contributed by atoms with Crippen molar-refractivity contribution in [1.82, 2.24) is 0 Å². The van der Waals surface area contributed by atoms with E-state index < -0.39 is 16.8 Å². The van der Waals surface area contributed by atoms with Gasteiger partial charge in [-0.05, 0) is 13.0 Å². The predicted octanol–water partition coefficient (Wildman–Crippen LogP) is 1.45. The first-order valence-electron chi connectivity index (χ1n) is 5.65. The predicted molar refractivity (Wildman–Crippen MR) is 66.4 cm³/mol. The van der Waals surface area contributed by atoms with Crippen LogP contribution in [0, 0.1) is 21.4 Å². The van der Waals surface area contributed by atoms with Gasteiger partial charge < -0.3 is 4.74 Å².